The van der Waals surface area contributed by atoms with Gasteiger partial charge in [-0.05, 0) is 73.3 Å². The van der Waals surface area contributed by atoms with E-state index in [0.717, 1.165) is 40.8 Å². The molecule has 3 aromatic carbocycles. The van der Waals surface area contributed by atoms with Crippen LogP contribution in [0.2, 0.25) is 0 Å². The molecular weight excluding hydrogens is 457 g/mol. The highest BCUT2D eigenvalue weighted by Gasteiger charge is 2.29. The summed E-state index contributed by atoms with van der Waals surface area (Å²) in [6.07, 6.45) is 1.43. The fourth-order valence-electron chi connectivity index (χ4n) is 4.43. The molecule has 0 bridgehead atoms. The summed E-state index contributed by atoms with van der Waals surface area (Å²) in [6.45, 7) is 3.29. The largest absolute Gasteiger partial charge is 0.494 e. The van der Waals surface area contributed by atoms with Crippen LogP contribution in [-0.2, 0) is 6.42 Å². The van der Waals surface area contributed by atoms with Gasteiger partial charge in [0.2, 0.25) is 0 Å². The highest BCUT2D eigenvalue weighted by molar-refractivity contribution is 5.88. The van der Waals surface area contributed by atoms with Crippen molar-refractivity contribution in [2.75, 3.05) is 20.2 Å². The van der Waals surface area contributed by atoms with Crippen molar-refractivity contribution in [2.24, 2.45) is 0 Å². The number of benzene rings is 3. The predicted octanol–water partition coefficient (Wildman–Crippen LogP) is 5.38. The van der Waals surface area contributed by atoms with Crippen LogP contribution in [0.3, 0.4) is 0 Å². The van der Waals surface area contributed by atoms with E-state index >= 15 is 0 Å². The molecule has 0 amide bonds. The standard InChI is InChI=1S/C27H28FNO4.ClH/c1-17-11-19(14-20(12-17)27(30)31)23-15-21(33-25-6-4-3-5-22(23)25)16-29-10-9-18-7-8-24(28)26(13-18)32-2;/h3-8,11-14,21,23,29H,9-10,15-16H2,1-2H3,(H,30,31);1H. The molecule has 7 heteroatoms. The van der Waals surface area contributed by atoms with Crippen molar-refractivity contribution in [2.45, 2.75) is 31.8 Å². The molecule has 3 aromatic rings. The molecule has 34 heavy (non-hydrogen) atoms. The lowest BCUT2D eigenvalue weighted by atomic mass is 9.83. The molecule has 2 N–H and O–H groups in total. The molecule has 1 aliphatic rings. The molecule has 2 atom stereocenters. The molecule has 0 radical (unpaired) electrons. The normalized spacial score (nSPS) is 16.7. The van der Waals surface area contributed by atoms with Crippen LogP contribution in [0.5, 0.6) is 11.5 Å². The zero-order chi connectivity index (χ0) is 23.4. The van der Waals surface area contributed by atoms with E-state index in [2.05, 4.69) is 11.4 Å². The van der Waals surface area contributed by atoms with Crippen molar-refractivity contribution >= 4 is 18.4 Å². The fourth-order valence-corrected chi connectivity index (χ4v) is 4.43. The molecule has 5 nitrogen and oxygen atoms in total. The maximum atomic E-state index is 13.6. The van der Waals surface area contributed by atoms with Gasteiger partial charge in [-0.2, -0.15) is 0 Å². The van der Waals surface area contributed by atoms with Gasteiger partial charge < -0.3 is 19.9 Å². The van der Waals surface area contributed by atoms with E-state index in [1.807, 2.05) is 31.2 Å². The quantitative estimate of drug-likeness (QED) is 0.419. The third kappa shape index (κ3) is 5.88. The van der Waals surface area contributed by atoms with E-state index in [1.54, 1.807) is 24.3 Å². The lowest BCUT2D eigenvalue weighted by Crippen LogP contribution is -2.36. The smallest absolute Gasteiger partial charge is 0.335 e. The lowest BCUT2D eigenvalue weighted by molar-refractivity contribution is 0.0696. The Balaban J connectivity index is 0.00000324. The Hall–Kier alpha value is -3.09. The Morgan fingerprint density at radius 3 is 2.74 bits per heavy atom. The molecule has 4 rings (SSSR count). The third-order valence-electron chi connectivity index (χ3n) is 6.01. The molecule has 180 valence electrons. The monoisotopic (exact) mass is 485 g/mol. The summed E-state index contributed by atoms with van der Waals surface area (Å²) in [5, 5.41) is 12.9. The molecule has 0 aromatic heterocycles. The number of nitrogens with one attached hydrogen (secondary N) is 1. The number of carbonyl (C=O) groups is 1. The Labute approximate surface area is 205 Å². The van der Waals surface area contributed by atoms with Gasteiger partial charge in [0.1, 0.15) is 11.9 Å². The van der Waals surface area contributed by atoms with Gasteiger partial charge in [-0.1, -0.05) is 30.3 Å². The number of hydrogen-bond acceptors (Lipinski definition) is 4. The van der Waals surface area contributed by atoms with E-state index in [-0.39, 0.29) is 36.0 Å². The molecule has 0 spiro atoms. The SMILES string of the molecule is COc1cc(CCNCC2CC(c3cc(C)cc(C(=O)O)c3)c3ccccc3O2)ccc1F.Cl. The van der Waals surface area contributed by atoms with E-state index in [9.17, 15) is 14.3 Å². The van der Waals surface area contributed by atoms with Crippen LogP contribution in [0.1, 0.15) is 45.0 Å². The minimum absolute atomic E-state index is 0. The number of aryl methyl sites for hydroxylation is 1. The molecule has 1 heterocycles. The molecule has 0 fully saturated rings. The van der Waals surface area contributed by atoms with Crippen LogP contribution < -0.4 is 14.8 Å². The number of halogens is 2. The van der Waals surface area contributed by atoms with Crippen molar-refractivity contribution in [3.05, 3.63) is 94.3 Å². The average Bonchev–Trinajstić information content (AvgIpc) is 2.81. The molecule has 0 saturated heterocycles. The van der Waals surface area contributed by atoms with Gasteiger partial charge in [0.25, 0.3) is 0 Å². The van der Waals surface area contributed by atoms with Gasteiger partial charge in [-0.15, -0.1) is 12.4 Å². The second-order valence-electron chi connectivity index (χ2n) is 8.43. The number of ether oxygens (including phenoxy) is 2. The van der Waals surface area contributed by atoms with E-state index in [0.29, 0.717) is 18.7 Å². The summed E-state index contributed by atoms with van der Waals surface area (Å²) in [5.74, 6) is -0.141. The second kappa shape index (κ2) is 11.4. The van der Waals surface area contributed by atoms with Gasteiger partial charge in [0.05, 0.1) is 12.7 Å². The van der Waals surface area contributed by atoms with Crippen molar-refractivity contribution < 1.29 is 23.8 Å². The molecule has 0 saturated carbocycles. The number of aromatic carboxylic acids is 1. The Kier molecular flexibility index (Phi) is 8.53. The van der Waals surface area contributed by atoms with Gasteiger partial charge in [0.15, 0.2) is 11.6 Å². The summed E-state index contributed by atoms with van der Waals surface area (Å²) in [6, 6.07) is 18.4. The first-order chi connectivity index (χ1) is 15.9. The van der Waals surface area contributed by atoms with Crippen LogP contribution in [-0.4, -0.2) is 37.4 Å². The summed E-state index contributed by atoms with van der Waals surface area (Å²) in [7, 11) is 1.46. The summed E-state index contributed by atoms with van der Waals surface area (Å²) >= 11 is 0. The number of carboxylic acids is 1. The van der Waals surface area contributed by atoms with Crippen molar-refractivity contribution in [3.8, 4) is 11.5 Å². The first-order valence-electron chi connectivity index (χ1n) is 11.1. The van der Waals surface area contributed by atoms with Crippen molar-refractivity contribution in [1.29, 1.82) is 0 Å². The first-order valence-corrected chi connectivity index (χ1v) is 11.1. The number of rotatable bonds is 8. The van der Waals surface area contributed by atoms with Crippen LogP contribution in [0, 0.1) is 12.7 Å². The average molecular weight is 486 g/mol. The Morgan fingerprint density at radius 1 is 1.18 bits per heavy atom. The minimum atomic E-state index is -0.920. The van der Waals surface area contributed by atoms with Crippen molar-refractivity contribution in [3.63, 3.8) is 0 Å². The minimum Gasteiger partial charge on any atom is -0.494 e. The van der Waals surface area contributed by atoms with Gasteiger partial charge in [-0.3, -0.25) is 0 Å². The fraction of sp³-hybridized carbons (Fsp3) is 0.296. The zero-order valence-electron chi connectivity index (χ0n) is 19.2. The molecule has 0 aliphatic carbocycles. The van der Waals surface area contributed by atoms with E-state index in [1.165, 1.54) is 13.2 Å². The number of para-hydroxylation sites is 1. The Morgan fingerprint density at radius 2 is 1.97 bits per heavy atom. The zero-order valence-corrected chi connectivity index (χ0v) is 20.0. The van der Waals surface area contributed by atoms with Crippen LogP contribution in [0.4, 0.5) is 4.39 Å². The van der Waals surface area contributed by atoms with Crippen LogP contribution >= 0.6 is 12.4 Å². The number of methoxy groups -OCH3 is 1. The predicted molar refractivity (Wildman–Crippen MR) is 132 cm³/mol. The van der Waals surface area contributed by atoms with E-state index in [4.69, 9.17) is 9.47 Å². The highest BCUT2D eigenvalue weighted by Crippen LogP contribution is 2.40. The van der Waals surface area contributed by atoms with Gasteiger partial charge in [0, 0.05) is 18.0 Å². The molecule has 2 unspecified atom stereocenters. The van der Waals surface area contributed by atoms with Crippen LogP contribution in [0.25, 0.3) is 0 Å². The number of carboxylic acid groups (broad SMARTS) is 1. The lowest BCUT2D eigenvalue weighted by Gasteiger charge is -2.33. The van der Waals surface area contributed by atoms with Gasteiger partial charge in [-0.25, -0.2) is 9.18 Å². The number of fused-ring (bicyclic) bond motifs is 1. The van der Waals surface area contributed by atoms with Crippen LogP contribution in [0.15, 0.2) is 60.7 Å². The topological polar surface area (TPSA) is 67.8 Å². The Bertz CT molecular complexity index is 1150. The van der Waals surface area contributed by atoms with E-state index < -0.39 is 5.97 Å². The summed E-state index contributed by atoms with van der Waals surface area (Å²) < 4.78 is 24.9. The summed E-state index contributed by atoms with van der Waals surface area (Å²) in [4.78, 5) is 11.6. The summed E-state index contributed by atoms with van der Waals surface area (Å²) in [5.41, 5.74) is 4.30. The second-order valence-corrected chi connectivity index (χ2v) is 8.43. The molecule has 1 aliphatic heterocycles. The van der Waals surface area contributed by atoms with Crippen molar-refractivity contribution in [1.82, 2.24) is 5.32 Å². The van der Waals surface area contributed by atoms with Gasteiger partial charge >= 0.3 is 5.97 Å². The number of hydrogen-bond donors (Lipinski definition) is 2. The maximum absolute atomic E-state index is 13.6. The third-order valence-corrected chi connectivity index (χ3v) is 6.01. The molecular formula is C27H29ClFNO4. The maximum Gasteiger partial charge on any atom is 0.335 e. The first kappa shape index (κ1) is 25.5. The highest BCUT2D eigenvalue weighted by atomic mass is 35.5.